The number of nitrogens with one attached hydrogen (secondary N) is 2. The first-order chi connectivity index (χ1) is 15.5. The van der Waals surface area contributed by atoms with E-state index < -0.39 is 0 Å². The maximum absolute atomic E-state index is 12.3. The fourth-order valence-electron chi connectivity index (χ4n) is 3.60. The van der Waals surface area contributed by atoms with Gasteiger partial charge in [-0.05, 0) is 34.9 Å². The van der Waals surface area contributed by atoms with Crippen molar-refractivity contribution >= 4 is 34.3 Å². The van der Waals surface area contributed by atoms with E-state index in [1.807, 2.05) is 48.7 Å². The largest absolute Gasteiger partial charge is 0.355 e. The first-order valence-electron chi connectivity index (χ1n) is 10.9. The molecule has 0 saturated carbocycles. The highest BCUT2D eigenvalue weighted by atomic mass is 32.2. The van der Waals surface area contributed by atoms with E-state index in [2.05, 4.69) is 39.2 Å². The van der Waals surface area contributed by atoms with E-state index in [-0.39, 0.29) is 24.8 Å². The average molecular weight is 454 g/mol. The van der Waals surface area contributed by atoms with E-state index >= 15 is 0 Å². The highest BCUT2D eigenvalue weighted by Gasteiger charge is 2.13. The third kappa shape index (κ3) is 6.56. The monoisotopic (exact) mass is 453 g/mol. The third-order valence-electron chi connectivity index (χ3n) is 5.10. The van der Waals surface area contributed by atoms with Crippen molar-refractivity contribution in [3.63, 3.8) is 0 Å². The number of carbonyl (C=O) groups is 2. The molecule has 0 aliphatic rings. The number of thioether (sulfide) groups is 1. The second kappa shape index (κ2) is 11.7. The summed E-state index contributed by atoms with van der Waals surface area (Å²) in [6.45, 7) is 5.73. The van der Waals surface area contributed by atoms with Crippen molar-refractivity contribution in [3.8, 4) is 0 Å². The Kier molecular flexibility index (Phi) is 8.67. The highest BCUT2D eigenvalue weighted by Crippen LogP contribution is 2.19. The summed E-state index contributed by atoms with van der Waals surface area (Å²) in [5.74, 6) is 1.10. The van der Waals surface area contributed by atoms with Crippen LogP contribution in [0.5, 0.6) is 0 Å². The highest BCUT2D eigenvalue weighted by molar-refractivity contribution is 7.98. The smallest absolute Gasteiger partial charge is 0.239 e. The molecule has 0 unspecified atom stereocenters. The zero-order chi connectivity index (χ0) is 22.9. The van der Waals surface area contributed by atoms with E-state index in [1.165, 1.54) is 0 Å². The van der Waals surface area contributed by atoms with Gasteiger partial charge in [0, 0.05) is 19.5 Å². The number of benzene rings is 2. The number of amides is 2. The third-order valence-corrected chi connectivity index (χ3v) is 5.77. The van der Waals surface area contributed by atoms with Crippen LogP contribution in [-0.4, -0.2) is 45.9 Å². The van der Waals surface area contributed by atoms with E-state index in [0.29, 0.717) is 12.5 Å². The summed E-state index contributed by atoms with van der Waals surface area (Å²) >= 11 is 1.59. The second-order valence-electron chi connectivity index (χ2n) is 8.15. The molecule has 0 bridgehead atoms. The Hall–Kier alpha value is -2.87. The Bertz CT molecular complexity index is 1060. The molecule has 0 aliphatic carbocycles. The number of rotatable bonds is 11. The Morgan fingerprint density at radius 1 is 1.03 bits per heavy atom. The minimum atomic E-state index is -0.190. The van der Waals surface area contributed by atoms with Crippen molar-refractivity contribution in [2.24, 2.45) is 5.92 Å². The van der Waals surface area contributed by atoms with Crippen molar-refractivity contribution in [1.29, 1.82) is 0 Å². The van der Waals surface area contributed by atoms with Crippen LogP contribution in [0.4, 0.5) is 0 Å². The molecule has 32 heavy (non-hydrogen) atoms. The molecular formula is C24H31N5O2S. The maximum Gasteiger partial charge on any atom is 0.239 e. The summed E-state index contributed by atoms with van der Waals surface area (Å²) in [4.78, 5) is 24.4. The number of nitrogens with zero attached hydrogens (tertiary/aromatic N) is 3. The molecule has 0 saturated heterocycles. The van der Waals surface area contributed by atoms with Crippen LogP contribution in [0.25, 0.3) is 10.8 Å². The molecule has 1 aromatic heterocycles. The lowest BCUT2D eigenvalue weighted by molar-refractivity contribution is -0.125. The molecule has 170 valence electrons. The molecule has 0 atom stereocenters. The van der Waals surface area contributed by atoms with Crippen LogP contribution >= 0.6 is 11.8 Å². The number of fused-ring (bicyclic) bond motifs is 1. The molecular weight excluding hydrogens is 422 g/mol. The van der Waals surface area contributed by atoms with Crippen LogP contribution in [0.1, 0.15) is 31.7 Å². The lowest BCUT2D eigenvalue weighted by Gasteiger charge is -2.12. The second-order valence-corrected chi connectivity index (χ2v) is 8.93. The fraction of sp³-hybridized carbons (Fsp3) is 0.417. The molecule has 1 heterocycles. The van der Waals surface area contributed by atoms with E-state index in [1.54, 1.807) is 11.8 Å². The minimum Gasteiger partial charge on any atom is -0.355 e. The molecule has 3 rings (SSSR count). The zero-order valence-electron chi connectivity index (χ0n) is 18.9. The number of aryl methyl sites for hydroxylation is 1. The summed E-state index contributed by atoms with van der Waals surface area (Å²) in [5, 5.41) is 17.2. The number of hydrogen-bond donors (Lipinski definition) is 2. The average Bonchev–Trinajstić information content (AvgIpc) is 3.16. The molecule has 7 nitrogen and oxygen atoms in total. The molecule has 3 aromatic rings. The first-order valence-corrected chi connectivity index (χ1v) is 12.2. The van der Waals surface area contributed by atoms with Gasteiger partial charge in [0.2, 0.25) is 11.8 Å². The minimum absolute atomic E-state index is 0.0241. The van der Waals surface area contributed by atoms with Gasteiger partial charge in [-0.2, -0.15) is 0 Å². The summed E-state index contributed by atoms with van der Waals surface area (Å²) in [6.07, 6.45) is 3.76. The number of carbonyl (C=O) groups excluding carboxylic acids is 2. The van der Waals surface area contributed by atoms with Crippen LogP contribution in [-0.2, 0) is 29.0 Å². The number of hydrogen-bond acceptors (Lipinski definition) is 5. The first kappa shape index (κ1) is 23.8. The molecule has 0 fully saturated rings. The summed E-state index contributed by atoms with van der Waals surface area (Å²) in [6, 6.07) is 13.9. The predicted octanol–water partition coefficient (Wildman–Crippen LogP) is 3.22. The lowest BCUT2D eigenvalue weighted by atomic mass is 10.0. The normalized spacial score (nSPS) is 11.1. The van der Waals surface area contributed by atoms with Gasteiger partial charge in [0.25, 0.3) is 0 Å². The van der Waals surface area contributed by atoms with Crippen LogP contribution in [0, 0.1) is 5.92 Å². The SMILES string of the molecule is CSc1nnc(CCCNC(=O)CNC(=O)Cc2cccc3ccccc23)n1CC(C)C. The van der Waals surface area contributed by atoms with Crippen molar-refractivity contribution in [3.05, 3.63) is 53.9 Å². The van der Waals surface area contributed by atoms with Gasteiger partial charge in [-0.3, -0.25) is 9.59 Å². The van der Waals surface area contributed by atoms with Crippen LogP contribution in [0.3, 0.4) is 0 Å². The maximum atomic E-state index is 12.3. The van der Waals surface area contributed by atoms with Gasteiger partial charge in [0.1, 0.15) is 5.82 Å². The van der Waals surface area contributed by atoms with Crippen LogP contribution in [0.15, 0.2) is 47.6 Å². The quantitative estimate of drug-likeness (QED) is 0.344. The molecule has 0 radical (unpaired) electrons. The lowest BCUT2D eigenvalue weighted by Crippen LogP contribution is -2.38. The van der Waals surface area contributed by atoms with Gasteiger partial charge in [0.05, 0.1) is 13.0 Å². The van der Waals surface area contributed by atoms with E-state index in [4.69, 9.17) is 0 Å². The Labute approximate surface area is 193 Å². The zero-order valence-corrected chi connectivity index (χ0v) is 19.7. The Morgan fingerprint density at radius 2 is 1.81 bits per heavy atom. The molecule has 0 aliphatic heterocycles. The van der Waals surface area contributed by atoms with Crippen molar-refractivity contribution in [2.45, 2.75) is 44.8 Å². The topological polar surface area (TPSA) is 88.9 Å². The molecule has 8 heteroatoms. The molecule has 2 N–H and O–H groups in total. The van der Waals surface area contributed by atoms with Gasteiger partial charge < -0.3 is 15.2 Å². The van der Waals surface area contributed by atoms with Gasteiger partial charge in [0.15, 0.2) is 5.16 Å². The summed E-state index contributed by atoms with van der Waals surface area (Å²) < 4.78 is 2.16. The molecule has 2 amide bonds. The number of aromatic nitrogens is 3. The van der Waals surface area contributed by atoms with Crippen molar-refractivity contribution in [2.75, 3.05) is 19.3 Å². The predicted molar refractivity (Wildman–Crippen MR) is 129 cm³/mol. The van der Waals surface area contributed by atoms with Gasteiger partial charge in [-0.15, -0.1) is 10.2 Å². The summed E-state index contributed by atoms with van der Waals surface area (Å²) in [7, 11) is 0. The molecule has 0 spiro atoms. The van der Waals surface area contributed by atoms with Crippen LogP contribution in [0.2, 0.25) is 0 Å². The van der Waals surface area contributed by atoms with Gasteiger partial charge >= 0.3 is 0 Å². The fourth-order valence-corrected chi connectivity index (χ4v) is 4.12. The standard InChI is InChI=1S/C24H31N5O2S/c1-17(2)16-29-21(27-28-24(29)32-3)12-7-13-25-23(31)15-26-22(30)14-19-10-6-9-18-8-4-5-11-20(18)19/h4-6,8-11,17H,7,12-16H2,1-3H3,(H,25,31)(H,26,30). The van der Waals surface area contributed by atoms with Crippen molar-refractivity contribution < 1.29 is 9.59 Å². The van der Waals surface area contributed by atoms with E-state index in [9.17, 15) is 9.59 Å². The van der Waals surface area contributed by atoms with Crippen LogP contribution < -0.4 is 10.6 Å². The Morgan fingerprint density at radius 3 is 2.59 bits per heavy atom. The van der Waals surface area contributed by atoms with Crippen molar-refractivity contribution in [1.82, 2.24) is 25.4 Å². The molecule has 2 aromatic carbocycles. The van der Waals surface area contributed by atoms with E-state index in [0.717, 1.165) is 46.7 Å². The van der Waals surface area contributed by atoms with Gasteiger partial charge in [-0.1, -0.05) is 68.1 Å². The Balaban J connectivity index is 1.40. The van der Waals surface area contributed by atoms with Gasteiger partial charge in [-0.25, -0.2) is 0 Å². The summed E-state index contributed by atoms with van der Waals surface area (Å²) in [5.41, 5.74) is 0.955.